The summed E-state index contributed by atoms with van der Waals surface area (Å²) in [6.07, 6.45) is 0.939. The van der Waals surface area contributed by atoms with E-state index in [1.165, 1.54) is 0 Å². The number of amides is 2. The largest absolute Gasteiger partial charge is 0.351 e. The van der Waals surface area contributed by atoms with Gasteiger partial charge in [-0.1, -0.05) is 62.7 Å². The van der Waals surface area contributed by atoms with E-state index in [9.17, 15) is 9.59 Å². The summed E-state index contributed by atoms with van der Waals surface area (Å²) in [6, 6.07) is 17.3. The number of hydrogen-bond acceptors (Lipinski definition) is 2. The molecule has 0 saturated carbocycles. The standard InChI is InChI=1S/C22H28N2O2/c1-5-16(2)20(18-9-7-6-8-10-18)21(25)23-15-17-11-13-19(14-12-17)22(26)24(3)4/h6-14,16,20H,5,15H2,1-4H3,(H,23,25). The van der Waals surface area contributed by atoms with Crippen LogP contribution in [0.4, 0.5) is 0 Å². The predicted octanol–water partition coefficient (Wildman–Crippen LogP) is 3.83. The van der Waals surface area contributed by atoms with E-state index < -0.39 is 0 Å². The first-order valence-electron chi connectivity index (χ1n) is 9.07. The first kappa shape index (κ1) is 19.7. The highest BCUT2D eigenvalue weighted by molar-refractivity contribution is 5.93. The zero-order chi connectivity index (χ0) is 19.1. The van der Waals surface area contributed by atoms with Crippen LogP contribution in [-0.4, -0.2) is 30.8 Å². The molecular formula is C22H28N2O2. The van der Waals surface area contributed by atoms with Crippen molar-refractivity contribution >= 4 is 11.8 Å². The number of hydrogen-bond donors (Lipinski definition) is 1. The normalized spacial score (nSPS) is 12.9. The molecule has 2 rings (SSSR count). The zero-order valence-electron chi connectivity index (χ0n) is 16.0. The second-order valence-electron chi connectivity index (χ2n) is 6.89. The summed E-state index contributed by atoms with van der Waals surface area (Å²) in [5.41, 5.74) is 2.67. The Hall–Kier alpha value is -2.62. The molecule has 2 atom stereocenters. The van der Waals surface area contributed by atoms with Gasteiger partial charge in [0.2, 0.25) is 5.91 Å². The van der Waals surface area contributed by atoms with Crippen molar-refractivity contribution in [2.75, 3.05) is 14.1 Å². The van der Waals surface area contributed by atoms with E-state index in [4.69, 9.17) is 0 Å². The van der Waals surface area contributed by atoms with Crippen molar-refractivity contribution in [1.82, 2.24) is 10.2 Å². The molecule has 0 bridgehead atoms. The van der Waals surface area contributed by atoms with Crippen LogP contribution in [0.1, 0.15) is 47.7 Å². The first-order valence-corrected chi connectivity index (χ1v) is 9.07. The van der Waals surface area contributed by atoms with Crippen LogP contribution in [0.15, 0.2) is 54.6 Å². The minimum Gasteiger partial charge on any atom is -0.351 e. The summed E-state index contributed by atoms with van der Waals surface area (Å²) in [6.45, 7) is 4.67. The lowest BCUT2D eigenvalue weighted by atomic mass is 9.85. The van der Waals surface area contributed by atoms with Crippen LogP contribution >= 0.6 is 0 Å². The number of carbonyl (C=O) groups is 2. The van der Waals surface area contributed by atoms with Crippen molar-refractivity contribution < 1.29 is 9.59 Å². The lowest BCUT2D eigenvalue weighted by molar-refractivity contribution is -0.123. The summed E-state index contributed by atoms with van der Waals surface area (Å²) < 4.78 is 0. The van der Waals surface area contributed by atoms with Gasteiger partial charge in [0.25, 0.3) is 5.91 Å². The molecule has 4 nitrogen and oxygen atoms in total. The molecule has 0 aliphatic carbocycles. The van der Waals surface area contributed by atoms with Gasteiger partial charge in [-0.2, -0.15) is 0 Å². The van der Waals surface area contributed by atoms with Crippen molar-refractivity contribution in [2.45, 2.75) is 32.7 Å². The van der Waals surface area contributed by atoms with Crippen LogP contribution in [0, 0.1) is 5.92 Å². The fourth-order valence-corrected chi connectivity index (χ4v) is 2.96. The molecule has 0 heterocycles. The maximum Gasteiger partial charge on any atom is 0.253 e. The lowest BCUT2D eigenvalue weighted by Crippen LogP contribution is -2.32. The molecule has 0 spiro atoms. The Morgan fingerprint density at radius 3 is 2.15 bits per heavy atom. The Kier molecular flexibility index (Phi) is 6.96. The van der Waals surface area contributed by atoms with E-state index in [-0.39, 0.29) is 23.7 Å². The van der Waals surface area contributed by atoms with Gasteiger partial charge in [0, 0.05) is 26.2 Å². The first-order chi connectivity index (χ1) is 12.4. The maximum absolute atomic E-state index is 12.8. The average molecular weight is 352 g/mol. The van der Waals surface area contributed by atoms with Gasteiger partial charge >= 0.3 is 0 Å². The summed E-state index contributed by atoms with van der Waals surface area (Å²) in [4.78, 5) is 26.3. The molecule has 0 fully saturated rings. The van der Waals surface area contributed by atoms with Crippen LogP contribution < -0.4 is 5.32 Å². The minimum atomic E-state index is -0.157. The van der Waals surface area contributed by atoms with E-state index in [1.807, 2.05) is 42.5 Å². The molecule has 0 radical (unpaired) electrons. The number of benzene rings is 2. The van der Waals surface area contributed by atoms with E-state index in [2.05, 4.69) is 19.2 Å². The molecule has 0 saturated heterocycles. The molecule has 0 aromatic heterocycles. The quantitative estimate of drug-likeness (QED) is 0.823. The maximum atomic E-state index is 12.8. The van der Waals surface area contributed by atoms with E-state index in [0.29, 0.717) is 12.1 Å². The lowest BCUT2D eigenvalue weighted by Gasteiger charge is -2.23. The van der Waals surface area contributed by atoms with Gasteiger partial charge < -0.3 is 10.2 Å². The topological polar surface area (TPSA) is 49.4 Å². The Morgan fingerprint density at radius 2 is 1.62 bits per heavy atom. The molecule has 0 aliphatic heterocycles. The molecule has 2 amide bonds. The minimum absolute atomic E-state index is 0.0264. The van der Waals surface area contributed by atoms with Crippen LogP contribution in [0.2, 0.25) is 0 Å². The molecule has 4 heteroatoms. The van der Waals surface area contributed by atoms with Crippen molar-refractivity contribution in [2.24, 2.45) is 5.92 Å². The average Bonchev–Trinajstić information content (AvgIpc) is 2.67. The smallest absolute Gasteiger partial charge is 0.253 e. The summed E-state index contributed by atoms with van der Waals surface area (Å²) in [5, 5.41) is 3.05. The number of rotatable bonds is 7. The number of carbonyl (C=O) groups excluding carboxylic acids is 2. The van der Waals surface area contributed by atoms with E-state index in [1.54, 1.807) is 31.1 Å². The molecule has 0 aliphatic rings. The van der Waals surface area contributed by atoms with Gasteiger partial charge in [-0.15, -0.1) is 0 Å². The third-order valence-corrected chi connectivity index (χ3v) is 4.73. The van der Waals surface area contributed by atoms with Gasteiger partial charge in [0.1, 0.15) is 0 Å². The fraction of sp³-hybridized carbons (Fsp3) is 0.364. The van der Waals surface area contributed by atoms with Gasteiger partial charge in [-0.25, -0.2) is 0 Å². The molecular weight excluding hydrogens is 324 g/mol. The van der Waals surface area contributed by atoms with Gasteiger partial charge in [-0.05, 0) is 29.2 Å². The monoisotopic (exact) mass is 352 g/mol. The van der Waals surface area contributed by atoms with Crippen LogP contribution in [0.5, 0.6) is 0 Å². The highest BCUT2D eigenvalue weighted by Crippen LogP contribution is 2.27. The Morgan fingerprint density at radius 1 is 1.00 bits per heavy atom. The number of nitrogens with zero attached hydrogens (tertiary/aromatic N) is 1. The fourth-order valence-electron chi connectivity index (χ4n) is 2.96. The van der Waals surface area contributed by atoms with Crippen molar-refractivity contribution in [3.8, 4) is 0 Å². The summed E-state index contributed by atoms with van der Waals surface area (Å²) in [5.74, 6) is 0.119. The molecule has 138 valence electrons. The summed E-state index contributed by atoms with van der Waals surface area (Å²) in [7, 11) is 3.46. The predicted molar refractivity (Wildman–Crippen MR) is 105 cm³/mol. The molecule has 26 heavy (non-hydrogen) atoms. The third kappa shape index (κ3) is 4.94. The van der Waals surface area contributed by atoms with Crippen molar-refractivity contribution in [1.29, 1.82) is 0 Å². The third-order valence-electron chi connectivity index (χ3n) is 4.73. The summed E-state index contributed by atoms with van der Waals surface area (Å²) >= 11 is 0. The van der Waals surface area contributed by atoms with Crippen molar-refractivity contribution in [3.63, 3.8) is 0 Å². The van der Waals surface area contributed by atoms with E-state index in [0.717, 1.165) is 17.5 Å². The van der Waals surface area contributed by atoms with E-state index >= 15 is 0 Å². The molecule has 1 N–H and O–H groups in total. The molecule has 2 unspecified atom stereocenters. The molecule has 2 aromatic carbocycles. The van der Waals surface area contributed by atoms with Crippen LogP contribution in [-0.2, 0) is 11.3 Å². The Balaban J connectivity index is 2.05. The van der Waals surface area contributed by atoms with Gasteiger partial charge in [-0.3, -0.25) is 9.59 Å². The van der Waals surface area contributed by atoms with Crippen LogP contribution in [0.25, 0.3) is 0 Å². The second kappa shape index (κ2) is 9.18. The molecule has 2 aromatic rings. The Bertz CT molecular complexity index is 724. The SMILES string of the molecule is CCC(C)C(C(=O)NCc1ccc(C(=O)N(C)C)cc1)c1ccccc1. The van der Waals surface area contributed by atoms with Gasteiger partial charge in [0.05, 0.1) is 5.92 Å². The zero-order valence-corrected chi connectivity index (χ0v) is 16.0. The van der Waals surface area contributed by atoms with Gasteiger partial charge in [0.15, 0.2) is 0 Å². The van der Waals surface area contributed by atoms with Crippen molar-refractivity contribution in [3.05, 3.63) is 71.3 Å². The Labute approximate surface area is 156 Å². The highest BCUT2D eigenvalue weighted by atomic mass is 16.2. The highest BCUT2D eigenvalue weighted by Gasteiger charge is 2.25. The van der Waals surface area contributed by atoms with Crippen LogP contribution in [0.3, 0.4) is 0 Å². The number of nitrogens with one attached hydrogen (secondary N) is 1. The second-order valence-corrected chi connectivity index (χ2v) is 6.89.